The molecule has 3 aliphatic rings. The van der Waals surface area contributed by atoms with Crippen molar-refractivity contribution < 1.29 is 28.2 Å². The highest BCUT2D eigenvalue weighted by atomic mass is 19.1. The molecule has 0 spiro atoms. The number of benzene rings is 2. The third-order valence-electron chi connectivity index (χ3n) is 10.8. The molecular formula is C39H40F2N8O4. The molecular weight excluding hydrogens is 682 g/mol. The van der Waals surface area contributed by atoms with Crippen molar-refractivity contribution in [1.82, 2.24) is 34.8 Å². The van der Waals surface area contributed by atoms with E-state index in [1.807, 2.05) is 41.3 Å². The van der Waals surface area contributed by atoms with Gasteiger partial charge in [0.05, 0.1) is 37.2 Å². The number of aromatic amines is 1. The lowest BCUT2D eigenvalue weighted by atomic mass is 9.75. The molecule has 8 rings (SSSR count). The van der Waals surface area contributed by atoms with Gasteiger partial charge in [-0.05, 0) is 60.1 Å². The Hall–Kier alpha value is -5.63. The number of halogens is 2. The van der Waals surface area contributed by atoms with Crippen molar-refractivity contribution in [1.29, 1.82) is 0 Å². The van der Waals surface area contributed by atoms with Crippen LogP contribution in [0.25, 0.3) is 27.6 Å². The maximum atomic E-state index is 16.7. The minimum absolute atomic E-state index is 0.0566. The molecule has 12 nitrogen and oxygen atoms in total. The topological polar surface area (TPSA) is 133 Å². The van der Waals surface area contributed by atoms with Gasteiger partial charge in [0.15, 0.2) is 17.4 Å². The van der Waals surface area contributed by atoms with Crippen LogP contribution in [0.5, 0.6) is 5.75 Å². The highest BCUT2D eigenvalue weighted by molar-refractivity contribution is 6.04. The van der Waals surface area contributed by atoms with Crippen LogP contribution in [0.15, 0.2) is 67.1 Å². The molecule has 2 fully saturated rings. The molecule has 1 aliphatic carbocycles. The third-order valence-corrected chi connectivity index (χ3v) is 10.8. The Kier molecular flexibility index (Phi) is 9.15. The summed E-state index contributed by atoms with van der Waals surface area (Å²) in [5.41, 5.74) is 3.07. The van der Waals surface area contributed by atoms with Crippen LogP contribution >= 0.6 is 0 Å². The van der Waals surface area contributed by atoms with Gasteiger partial charge in [0.2, 0.25) is 5.91 Å². The molecule has 0 bridgehead atoms. The maximum absolute atomic E-state index is 16.7. The van der Waals surface area contributed by atoms with E-state index < -0.39 is 17.2 Å². The summed E-state index contributed by atoms with van der Waals surface area (Å²) in [4.78, 5) is 39.9. The number of nitrogens with one attached hydrogen (secondary N) is 1. The molecule has 53 heavy (non-hydrogen) atoms. The number of hydrogen-bond donors (Lipinski definition) is 2. The molecule has 0 atom stereocenters. The Bertz CT molecular complexity index is 2190. The van der Waals surface area contributed by atoms with Gasteiger partial charge in [-0.3, -0.25) is 14.3 Å². The standard InChI is InChI=1S/C39H40F2N8O4/c1-53-33-20-28(40)23-42-37(33)46-16-18-47(19-17-46)38(51)32-22-31-29(25-5-7-27(8-6-25)39(52)10-3-11-39)21-30(35(41)36(31)44-32)26-4-2-13-48(24-26)34(50)9-14-49-15-12-43-45-49/h4-8,12,15,20-23,44,52H,2-3,9-11,13-14,16-19,24H2,1H3. The molecule has 274 valence electrons. The first-order chi connectivity index (χ1) is 25.7. The molecule has 5 aromatic rings. The largest absolute Gasteiger partial charge is 0.493 e. The molecule has 2 amide bonds. The van der Waals surface area contributed by atoms with Crippen LogP contribution in [0.2, 0.25) is 0 Å². The van der Waals surface area contributed by atoms with E-state index in [9.17, 15) is 19.1 Å². The number of methoxy groups -OCH3 is 1. The number of carbonyl (C=O) groups is 2. The van der Waals surface area contributed by atoms with Crippen molar-refractivity contribution in [2.24, 2.45) is 0 Å². The lowest BCUT2D eigenvalue weighted by molar-refractivity contribution is -0.131. The molecule has 1 saturated heterocycles. The Labute approximate surface area is 304 Å². The normalized spacial score (nSPS) is 17.1. The van der Waals surface area contributed by atoms with Crippen LogP contribution < -0.4 is 9.64 Å². The molecule has 2 aromatic carbocycles. The number of H-pyrrole nitrogens is 1. The zero-order valence-corrected chi connectivity index (χ0v) is 29.4. The number of rotatable bonds is 9. The van der Waals surface area contributed by atoms with E-state index in [1.165, 1.54) is 13.2 Å². The van der Waals surface area contributed by atoms with Gasteiger partial charge in [-0.15, -0.1) is 5.10 Å². The monoisotopic (exact) mass is 722 g/mol. The summed E-state index contributed by atoms with van der Waals surface area (Å²) in [6, 6.07) is 12.5. The third kappa shape index (κ3) is 6.63. The summed E-state index contributed by atoms with van der Waals surface area (Å²) < 4.78 is 37.5. The van der Waals surface area contributed by atoms with E-state index in [2.05, 4.69) is 20.3 Å². The number of anilines is 1. The number of fused-ring (bicyclic) bond motifs is 1. The number of aromatic nitrogens is 5. The van der Waals surface area contributed by atoms with Crippen LogP contribution in [0, 0.1) is 11.6 Å². The average molecular weight is 723 g/mol. The lowest BCUT2D eigenvalue weighted by Crippen LogP contribution is -2.49. The summed E-state index contributed by atoms with van der Waals surface area (Å²) in [6.07, 6.45) is 9.61. The SMILES string of the molecule is COc1cc(F)cnc1N1CCN(C(=O)c2cc3c(-c4ccc(C5(O)CCC5)cc4)cc(C4=CCCN(C(=O)CCn5ccnn5)C4)c(F)c3[nH]2)CC1. The van der Waals surface area contributed by atoms with Crippen LogP contribution in [0.3, 0.4) is 0 Å². The zero-order chi connectivity index (χ0) is 36.7. The lowest BCUT2D eigenvalue weighted by Gasteiger charge is -2.37. The van der Waals surface area contributed by atoms with Gasteiger partial charge in [0, 0.05) is 68.9 Å². The number of piperazine rings is 1. The first kappa shape index (κ1) is 34.5. The predicted octanol–water partition coefficient (Wildman–Crippen LogP) is 5.15. The van der Waals surface area contributed by atoms with Crippen LogP contribution in [0.1, 0.15) is 53.7 Å². The van der Waals surface area contributed by atoms with Crippen LogP contribution in [0.4, 0.5) is 14.6 Å². The van der Waals surface area contributed by atoms with Crippen LogP contribution in [-0.2, 0) is 16.9 Å². The summed E-state index contributed by atoms with van der Waals surface area (Å²) in [6.45, 7) is 2.81. The summed E-state index contributed by atoms with van der Waals surface area (Å²) in [7, 11) is 1.46. The second-order valence-electron chi connectivity index (χ2n) is 13.9. The fourth-order valence-electron chi connectivity index (χ4n) is 7.57. The number of aliphatic hydroxyl groups is 1. The fourth-order valence-corrected chi connectivity index (χ4v) is 7.57. The summed E-state index contributed by atoms with van der Waals surface area (Å²) >= 11 is 0. The van der Waals surface area contributed by atoms with Crippen molar-refractivity contribution in [3.8, 4) is 16.9 Å². The van der Waals surface area contributed by atoms with Crippen molar-refractivity contribution >= 4 is 34.1 Å². The van der Waals surface area contributed by atoms with Gasteiger partial charge in [-0.25, -0.2) is 13.8 Å². The number of pyridine rings is 1. The highest BCUT2D eigenvalue weighted by Crippen LogP contribution is 2.42. The average Bonchev–Trinajstić information content (AvgIpc) is 3.88. The molecule has 0 unspecified atom stereocenters. The van der Waals surface area contributed by atoms with E-state index in [0.717, 1.165) is 29.3 Å². The number of aryl methyl sites for hydroxylation is 1. The van der Waals surface area contributed by atoms with E-state index in [4.69, 9.17) is 4.74 Å². The number of carbonyl (C=O) groups excluding carboxylic acids is 2. The molecule has 0 radical (unpaired) electrons. The first-order valence-electron chi connectivity index (χ1n) is 17.9. The quantitative estimate of drug-likeness (QED) is 0.214. The highest BCUT2D eigenvalue weighted by Gasteiger charge is 2.36. The summed E-state index contributed by atoms with van der Waals surface area (Å²) in [5.74, 6) is -0.486. The smallest absolute Gasteiger partial charge is 0.270 e. The van der Waals surface area contributed by atoms with E-state index >= 15 is 4.39 Å². The molecule has 14 heteroatoms. The second kappa shape index (κ2) is 14.1. The van der Waals surface area contributed by atoms with Gasteiger partial charge in [0.1, 0.15) is 11.5 Å². The minimum Gasteiger partial charge on any atom is -0.493 e. The molecule has 3 aromatic heterocycles. The Morgan fingerprint density at radius 1 is 1.00 bits per heavy atom. The summed E-state index contributed by atoms with van der Waals surface area (Å²) in [5, 5.41) is 19.3. The fraction of sp³-hybridized carbons (Fsp3) is 0.359. The van der Waals surface area contributed by atoms with E-state index in [0.29, 0.717) is 86.6 Å². The molecule has 5 heterocycles. The van der Waals surface area contributed by atoms with Crippen molar-refractivity contribution in [2.45, 2.75) is 44.2 Å². The second-order valence-corrected chi connectivity index (χ2v) is 13.9. The van der Waals surface area contributed by atoms with Gasteiger partial charge in [-0.2, -0.15) is 0 Å². The number of ether oxygens (including phenoxy) is 1. The minimum atomic E-state index is -0.825. The van der Waals surface area contributed by atoms with Crippen LogP contribution in [-0.4, -0.2) is 98.1 Å². The van der Waals surface area contributed by atoms with E-state index in [1.54, 1.807) is 32.9 Å². The Morgan fingerprint density at radius 3 is 2.49 bits per heavy atom. The maximum Gasteiger partial charge on any atom is 0.270 e. The van der Waals surface area contributed by atoms with Crippen molar-refractivity contribution in [2.75, 3.05) is 51.3 Å². The zero-order valence-electron chi connectivity index (χ0n) is 29.4. The molecule has 2 aliphatic heterocycles. The number of hydrogen-bond acceptors (Lipinski definition) is 8. The number of amides is 2. The van der Waals surface area contributed by atoms with Crippen molar-refractivity contribution in [3.05, 3.63) is 95.6 Å². The van der Waals surface area contributed by atoms with Gasteiger partial charge in [-0.1, -0.05) is 35.6 Å². The van der Waals surface area contributed by atoms with Gasteiger partial charge < -0.3 is 29.5 Å². The number of nitrogens with zero attached hydrogens (tertiary/aromatic N) is 7. The first-order valence-corrected chi connectivity index (χ1v) is 17.9. The Balaban J connectivity index is 1.09. The van der Waals surface area contributed by atoms with Gasteiger partial charge in [0.25, 0.3) is 5.91 Å². The van der Waals surface area contributed by atoms with E-state index in [-0.39, 0.29) is 36.0 Å². The van der Waals surface area contributed by atoms with Crippen molar-refractivity contribution in [3.63, 3.8) is 0 Å². The molecule has 2 N–H and O–H groups in total. The Morgan fingerprint density at radius 2 is 1.79 bits per heavy atom. The van der Waals surface area contributed by atoms with Gasteiger partial charge >= 0.3 is 0 Å². The molecule has 1 saturated carbocycles. The predicted molar refractivity (Wildman–Crippen MR) is 194 cm³/mol.